The second-order valence-corrected chi connectivity index (χ2v) is 8.18. The summed E-state index contributed by atoms with van der Waals surface area (Å²) in [6.07, 6.45) is 2.22. The summed E-state index contributed by atoms with van der Waals surface area (Å²) in [7, 11) is 0. The zero-order chi connectivity index (χ0) is 18.9. The van der Waals surface area contributed by atoms with E-state index in [0.29, 0.717) is 6.79 Å². The van der Waals surface area contributed by atoms with Crippen LogP contribution in [0.4, 0.5) is 0 Å². The fraction of sp³-hybridized carbons (Fsp3) is 0.450. The van der Waals surface area contributed by atoms with Gasteiger partial charge in [0.15, 0.2) is 11.5 Å². The van der Waals surface area contributed by atoms with E-state index in [1.807, 2.05) is 27.8 Å². The highest BCUT2D eigenvalue weighted by molar-refractivity contribution is 7.08. The summed E-state index contributed by atoms with van der Waals surface area (Å²) < 4.78 is 10.9. The van der Waals surface area contributed by atoms with Crippen LogP contribution in [0.15, 0.2) is 35.0 Å². The van der Waals surface area contributed by atoms with Crippen LogP contribution in [0.1, 0.15) is 34.8 Å². The predicted molar refractivity (Wildman–Crippen MR) is 106 cm³/mol. The predicted octanol–water partition coefficient (Wildman–Crippen LogP) is 2.19. The summed E-state index contributed by atoms with van der Waals surface area (Å²) in [5.41, 5.74) is 8.87. The Morgan fingerprint density at radius 1 is 1.07 bits per heavy atom. The molecule has 28 heavy (non-hydrogen) atoms. The monoisotopic (exact) mass is 400 g/mol. The minimum absolute atomic E-state index is 0.152. The third-order valence-corrected chi connectivity index (χ3v) is 6.39. The summed E-state index contributed by atoms with van der Waals surface area (Å²) >= 11 is 1.57. The number of rotatable bonds is 3. The zero-order valence-electron chi connectivity index (χ0n) is 15.6. The van der Waals surface area contributed by atoms with Crippen molar-refractivity contribution in [1.29, 1.82) is 0 Å². The van der Waals surface area contributed by atoms with E-state index in [0.717, 1.165) is 56.1 Å². The SMILES string of the molecule is O=C(c1ccsc1)N1CCCN(C2CC(c3ccc4c(c3)OCO4)NN2)CC1. The van der Waals surface area contributed by atoms with Crippen molar-refractivity contribution in [3.05, 3.63) is 46.2 Å². The Balaban J connectivity index is 1.20. The number of nitrogens with zero attached hydrogens (tertiary/aromatic N) is 2. The standard InChI is InChI=1S/C20H24N4O3S/c25-20(15-4-9-28-12-15)24-6-1-5-23(7-8-24)19-11-16(21-22-19)14-2-3-17-18(10-14)27-13-26-17/h2-4,9-10,12,16,19,21-22H,1,5-8,11,13H2. The minimum Gasteiger partial charge on any atom is -0.454 e. The third-order valence-electron chi connectivity index (χ3n) is 5.71. The molecule has 148 valence electrons. The van der Waals surface area contributed by atoms with Crippen molar-refractivity contribution in [2.75, 3.05) is 33.0 Å². The number of hydrogen-bond acceptors (Lipinski definition) is 7. The number of ether oxygens (including phenoxy) is 2. The van der Waals surface area contributed by atoms with Gasteiger partial charge in [-0.15, -0.1) is 0 Å². The summed E-state index contributed by atoms with van der Waals surface area (Å²) in [4.78, 5) is 17.1. The molecule has 0 radical (unpaired) electrons. The summed E-state index contributed by atoms with van der Waals surface area (Å²) in [6.45, 7) is 3.74. The first-order valence-electron chi connectivity index (χ1n) is 9.74. The van der Waals surface area contributed by atoms with Gasteiger partial charge < -0.3 is 14.4 Å². The number of fused-ring (bicyclic) bond motifs is 1. The number of amides is 1. The zero-order valence-corrected chi connectivity index (χ0v) is 16.4. The molecule has 7 nitrogen and oxygen atoms in total. The Morgan fingerprint density at radius 2 is 2.00 bits per heavy atom. The molecule has 8 heteroatoms. The van der Waals surface area contributed by atoms with E-state index in [1.165, 1.54) is 5.56 Å². The van der Waals surface area contributed by atoms with Crippen molar-refractivity contribution in [3.8, 4) is 11.5 Å². The van der Waals surface area contributed by atoms with Crippen LogP contribution in [0.3, 0.4) is 0 Å². The first-order chi connectivity index (χ1) is 13.8. The van der Waals surface area contributed by atoms with Gasteiger partial charge in [-0.05, 0) is 42.0 Å². The fourth-order valence-electron chi connectivity index (χ4n) is 4.15. The van der Waals surface area contributed by atoms with E-state index >= 15 is 0 Å². The maximum atomic E-state index is 12.6. The molecule has 2 unspecified atom stereocenters. The van der Waals surface area contributed by atoms with Crippen LogP contribution in [-0.2, 0) is 0 Å². The molecule has 0 aliphatic carbocycles. The molecule has 1 aromatic heterocycles. The number of thiophene rings is 1. The Hall–Kier alpha value is -2.13. The highest BCUT2D eigenvalue weighted by Crippen LogP contribution is 2.36. The molecule has 3 aliphatic rings. The van der Waals surface area contributed by atoms with Crippen molar-refractivity contribution in [2.45, 2.75) is 25.0 Å². The lowest BCUT2D eigenvalue weighted by Gasteiger charge is -2.27. The number of hydrogen-bond donors (Lipinski definition) is 2. The van der Waals surface area contributed by atoms with Gasteiger partial charge in [0.2, 0.25) is 6.79 Å². The Labute approximate surface area is 168 Å². The lowest BCUT2D eigenvalue weighted by Crippen LogP contribution is -2.46. The second kappa shape index (κ2) is 7.71. The minimum atomic E-state index is 0.152. The van der Waals surface area contributed by atoms with E-state index in [9.17, 15) is 4.79 Å². The molecule has 0 spiro atoms. The lowest BCUT2D eigenvalue weighted by molar-refractivity contribution is 0.0757. The molecule has 3 aliphatic heterocycles. The Bertz CT molecular complexity index is 844. The average Bonchev–Trinajstić information content (AvgIpc) is 3.46. The molecule has 2 N–H and O–H groups in total. The summed E-state index contributed by atoms with van der Waals surface area (Å²) in [6, 6.07) is 8.28. The van der Waals surface area contributed by atoms with Crippen molar-refractivity contribution >= 4 is 17.2 Å². The molecule has 0 bridgehead atoms. The smallest absolute Gasteiger partial charge is 0.254 e. The van der Waals surface area contributed by atoms with Crippen molar-refractivity contribution in [3.63, 3.8) is 0 Å². The number of hydrazine groups is 1. The van der Waals surface area contributed by atoms with Gasteiger partial charge in [0.1, 0.15) is 0 Å². The normalized spacial score (nSPS) is 25.1. The molecule has 1 aromatic carbocycles. The first-order valence-corrected chi connectivity index (χ1v) is 10.7. The fourth-order valence-corrected chi connectivity index (χ4v) is 4.78. The third kappa shape index (κ3) is 3.48. The van der Waals surface area contributed by atoms with Gasteiger partial charge >= 0.3 is 0 Å². The van der Waals surface area contributed by atoms with Gasteiger partial charge in [-0.2, -0.15) is 11.3 Å². The molecule has 1 amide bonds. The number of carbonyl (C=O) groups excluding carboxylic acids is 1. The van der Waals surface area contributed by atoms with E-state index in [-0.39, 0.29) is 18.1 Å². The molecule has 4 heterocycles. The van der Waals surface area contributed by atoms with E-state index in [2.05, 4.69) is 27.9 Å². The van der Waals surface area contributed by atoms with Crippen LogP contribution in [0.5, 0.6) is 11.5 Å². The van der Waals surface area contributed by atoms with E-state index in [4.69, 9.17) is 9.47 Å². The Morgan fingerprint density at radius 3 is 2.89 bits per heavy atom. The van der Waals surface area contributed by atoms with Crippen LogP contribution in [-0.4, -0.2) is 54.8 Å². The van der Waals surface area contributed by atoms with Crippen LogP contribution in [0.2, 0.25) is 0 Å². The average molecular weight is 401 g/mol. The van der Waals surface area contributed by atoms with Crippen LogP contribution in [0, 0.1) is 0 Å². The summed E-state index contributed by atoms with van der Waals surface area (Å²) in [5, 5.41) is 3.89. The maximum absolute atomic E-state index is 12.6. The highest BCUT2D eigenvalue weighted by Gasteiger charge is 2.32. The molecular formula is C20H24N4O3S. The van der Waals surface area contributed by atoms with Crippen molar-refractivity contribution < 1.29 is 14.3 Å². The van der Waals surface area contributed by atoms with E-state index < -0.39 is 0 Å². The van der Waals surface area contributed by atoms with Crippen LogP contribution in [0.25, 0.3) is 0 Å². The van der Waals surface area contributed by atoms with Gasteiger partial charge in [-0.1, -0.05) is 6.07 Å². The largest absolute Gasteiger partial charge is 0.454 e. The highest BCUT2D eigenvalue weighted by atomic mass is 32.1. The van der Waals surface area contributed by atoms with Gasteiger partial charge in [0.25, 0.3) is 5.91 Å². The molecular weight excluding hydrogens is 376 g/mol. The summed E-state index contributed by atoms with van der Waals surface area (Å²) in [5.74, 6) is 1.79. The van der Waals surface area contributed by atoms with Gasteiger partial charge in [0, 0.05) is 37.6 Å². The molecule has 2 saturated heterocycles. The quantitative estimate of drug-likeness (QED) is 0.824. The molecule has 2 fully saturated rings. The van der Waals surface area contributed by atoms with Crippen molar-refractivity contribution in [2.24, 2.45) is 0 Å². The number of carbonyl (C=O) groups is 1. The van der Waals surface area contributed by atoms with Crippen molar-refractivity contribution in [1.82, 2.24) is 20.7 Å². The number of benzene rings is 1. The molecule has 2 aromatic rings. The number of nitrogens with one attached hydrogen (secondary N) is 2. The van der Waals surface area contributed by atoms with Crippen LogP contribution >= 0.6 is 11.3 Å². The molecule has 2 atom stereocenters. The molecule has 5 rings (SSSR count). The van der Waals surface area contributed by atoms with Gasteiger partial charge in [-0.3, -0.25) is 9.69 Å². The first kappa shape index (κ1) is 17.9. The van der Waals surface area contributed by atoms with Gasteiger partial charge in [-0.25, -0.2) is 10.9 Å². The Kier molecular flexibility index (Phi) is 4.94. The molecule has 0 saturated carbocycles. The second-order valence-electron chi connectivity index (χ2n) is 7.40. The maximum Gasteiger partial charge on any atom is 0.254 e. The lowest BCUT2D eigenvalue weighted by atomic mass is 10.0. The topological polar surface area (TPSA) is 66.1 Å². The van der Waals surface area contributed by atoms with Crippen LogP contribution < -0.4 is 20.3 Å². The van der Waals surface area contributed by atoms with E-state index in [1.54, 1.807) is 11.3 Å². The van der Waals surface area contributed by atoms with Gasteiger partial charge in [0.05, 0.1) is 11.7 Å².